The topological polar surface area (TPSA) is 77.7 Å². The number of hydrogen-bond acceptors (Lipinski definition) is 4. The summed E-state index contributed by atoms with van der Waals surface area (Å²) in [7, 11) is 0.0429. The Balaban J connectivity index is 2.10. The van der Waals surface area contributed by atoms with Gasteiger partial charge in [-0.05, 0) is 23.6 Å². The molecule has 1 fully saturated rings. The Morgan fingerprint density at radius 1 is 1.27 bits per heavy atom. The van der Waals surface area contributed by atoms with Crippen LogP contribution in [0.4, 0.5) is 5.69 Å². The Bertz CT molecular complexity index is 861. The molecule has 1 saturated heterocycles. The highest BCUT2D eigenvalue weighted by molar-refractivity contribution is 7.89. The Kier molecular flexibility index (Phi) is 3.34. The van der Waals surface area contributed by atoms with Crippen molar-refractivity contribution in [1.82, 2.24) is 4.31 Å². The number of rotatable bonds is 4. The summed E-state index contributed by atoms with van der Waals surface area (Å²) in [6.07, 6.45) is 0. The summed E-state index contributed by atoms with van der Waals surface area (Å²) in [4.78, 5) is 13.0. The van der Waals surface area contributed by atoms with E-state index in [1.807, 2.05) is 37.2 Å². The Morgan fingerprint density at radius 2 is 2.00 bits per heavy atom. The molecule has 1 aliphatic heterocycles. The fraction of sp³-hybridized carbons (Fsp3) is 0.267. The van der Waals surface area contributed by atoms with E-state index in [4.69, 9.17) is 5.11 Å². The van der Waals surface area contributed by atoms with Crippen molar-refractivity contribution in [3.05, 3.63) is 36.4 Å². The fourth-order valence-corrected chi connectivity index (χ4v) is 4.19. The number of carbonyl (C=O) groups is 1. The second kappa shape index (κ2) is 4.96. The number of fused-ring (bicyclic) bond motifs is 1. The standard InChI is InChI=1S/C15H16N2O4S/c1-16(2)11-6-7-12-10(8-11)4-3-5-14(12)22(20,21)17-9-13(17)15(18)19/h3-8,13H,9H2,1-2H3,(H,18,19)/t13-,17-/m0/s1. The van der Waals surface area contributed by atoms with Gasteiger partial charge in [0.15, 0.2) is 0 Å². The first-order valence-electron chi connectivity index (χ1n) is 6.77. The SMILES string of the molecule is CN(C)c1ccc2c(S(=O)(=O)[N@@]3C[C@H]3C(=O)O)cccc2c1. The van der Waals surface area contributed by atoms with Crippen molar-refractivity contribution in [3.8, 4) is 0 Å². The van der Waals surface area contributed by atoms with E-state index in [-0.39, 0.29) is 11.4 Å². The number of carboxylic acids is 1. The van der Waals surface area contributed by atoms with Crippen LogP contribution in [0.1, 0.15) is 0 Å². The predicted molar refractivity (Wildman–Crippen MR) is 83.6 cm³/mol. The average Bonchev–Trinajstić information content (AvgIpc) is 3.27. The molecule has 0 spiro atoms. The molecule has 0 unspecified atom stereocenters. The highest BCUT2D eigenvalue weighted by Crippen LogP contribution is 2.33. The maximum absolute atomic E-state index is 12.6. The van der Waals surface area contributed by atoms with Gasteiger partial charge >= 0.3 is 5.97 Å². The molecule has 3 rings (SSSR count). The monoisotopic (exact) mass is 320 g/mol. The van der Waals surface area contributed by atoms with Gasteiger partial charge in [0.1, 0.15) is 6.04 Å². The molecule has 116 valence electrons. The minimum Gasteiger partial charge on any atom is -0.480 e. The number of aliphatic carboxylic acids is 1. The van der Waals surface area contributed by atoms with E-state index in [9.17, 15) is 13.2 Å². The second-order valence-corrected chi connectivity index (χ2v) is 7.34. The summed E-state index contributed by atoms with van der Waals surface area (Å²) in [6, 6.07) is 9.61. The van der Waals surface area contributed by atoms with E-state index in [1.165, 1.54) is 6.07 Å². The number of hydrogen-bond donors (Lipinski definition) is 1. The number of nitrogens with zero attached hydrogens (tertiary/aromatic N) is 2. The van der Waals surface area contributed by atoms with Crippen molar-refractivity contribution in [3.63, 3.8) is 0 Å². The highest BCUT2D eigenvalue weighted by atomic mass is 32.2. The van der Waals surface area contributed by atoms with Crippen LogP contribution in [0.5, 0.6) is 0 Å². The lowest BCUT2D eigenvalue weighted by Crippen LogP contribution is -2.19. The van der Waals surface area contributed by atoms with Crippen LogP contribution in [-0.2, 0) is 14.8 Å². The molecule has 1 aliphatic rings. The first kappa shape index (κ1) is 14.8. The quantitative estimate of drug-likeness (QED) is 0.861. The third-order valence-electron chi connectivity index (χ3n) is 3.78. The average molecular weight is 320 g/mol. The lowest BCUT2D eigenvalue weighted by Gasteiger charge is -2.14. The van der Waals surface area contributed by atoms with Gasteiger partial charge in [-0.15, -0.1) is 0 Å². The molecule has 6 nitrogen and oxygen atoms in total. The first-order chi connectivity index (χ1) is 10.3. The van der Waals surface area contributed by atoms with Gasteiger partial charge in [-0.3, -0.25) is 4.79 Å². The summed E-state index contributed by atoms with van der Waals surface area (Å²) in [5, 5.41) is 10.3. The van der Waals surface area contributed by atoms with Gasteiger partial charge in [0.2, 0.25) is 10.0 Å². The van der Waals surface area contributed by atoms with Crippen LogP contribution in [0.25, 0.3) is 10.8 Å². The minimum atomic E-state index is -3.78. The summed E-state index contributed by atoms with van der Waals surface area (Å²) in [6.45, 7) is 0.0316. The molecule has 2 atom stereocenters. The third-order valence-corrected chi connectivity index (χ3v) is 5.71. The van der Waals surface area contributed by atoms with Crippen LogP contribution in [0.15, 0.2) is 41.3 Å². The van der Waals surface area contributed by atoms with Gasteiger partial charge in [-0.2, -0.15) is 4.31 Å². The Labute approximate surface area is 128 Å². The summed E-state index contributed by atoms with van der Waals surface area (Å²) >= 11 is 0. The molecule has 7 heteroatoms. The van der Waals surface area contributed by atoms with Crippen LogP contribution in [0, 0.1) is 0 Å². The molecule has 0 radical (unpaired) electrons. The van der Waals surface area contributed by atoms with E-state index in [0.717, 1.165) is 15.4 Å². The van der Waals surface area contributed by atoms with E-state index >= 15 is 0 Å². The summed E-state index contributed by atoms with van der Waals surface area (Å²) in [5.74, 6) is -1.11. The van der Waals surface area contributed by atoms with Crippen LogP contribution in [0.2, 0.25) is 0 Å². The van der Waals surface area contributed by atoms with Crippen molar-refractivity contribution in [1.29, 1.82) is 0 Å². The van der Waals surface area contributed by atoms with Gasteiger partial charge in [0.05, 0.1) is 4.90 Å². The maximum Gasteiger partial charge on any atom is 0.323 e. The number of sulfonamides is 1. The first-order valence-corrected chi connectivity index (χ1v) is 8.21. The highest BCUT2D eigenvalue weighted by Gasteiger charge is 2.49. The second-order valence-electron chi connectivity index (χ2n) is 5.48. The van der Waals surface area contributed by atoms with Crippen molar-refractivity contribution < 1.29 is 18.3 Å². The van der Waals surface area contributed by atoms with Crippen molar-refractivity contribution >= 4 is 32.5 Å². The molecule has 0 aromatic heterocycles. The zero-order valence-electron chi connectivity index (χ0n) is 12.2. The van der Waals surface area contributed by atoms with Gasteiger partial charge in [0, 0.05) is 31.7 Å². The van der Waals surface area contributed by atoms with Crippen LogP contribution in [0.3, 0.4) is 0 Å². The number of carboxylic acid groups (broad SMARTS) is 1. The predicted octanol–water partition coefficient (Wildman–Crippen LogP) is 1.36. The lowest BCUT2D eigenvalue weighted by molar-refractivity contribution is -0.136. The van der Waals surface area contributed by atoms with Crippen molar-refractivity contribution in [2.24, 2.45) is 0 Å². The molecule has 0 amide bonds. The summed E-state index contributed by atoms with van der Waals surface area (Å²) in [5.41, 5.74) is 0.970. The molecule has 0 bridgehead atoms. The molecule has 22 heavy (non-hydrogen) atoms. The van der Waals surface area contributed by atoms with Gasteiger partial charge < -0.3 is 10.0 Å². The minimum absolute atomic E-state index is 0.0316. The Hall–Kier alpha value is -2.12. The zero-order valence-corrected chi connectivity index (χ0v) is 13.0. The molecular formula is C15H16N2O4S. The van der Waals surface area contributed by atoms with Crippen molar-refractivity contribution in [2.45, 2.75) is 10.9 Å². The van der Waals surface area contributed by atoms with Crippen LogP contribution < -0.4 is 4.90 Å². The lowest BCUT2D eigenvalue weighted by atomic mass is 10.1. The molecule has 0 aliphatic carbocycles. The number of anilines is 1. The molecule has 1 N–H and O–H groups in total. The molecule has 2 aromatic rings. The normalized spacial score (nSPS) is 20.8. The van der Waals surface area contributed by atoms with Crippen LogP contribution >= 0.6 is 0 Å². The smallest absolute Gasteiger partial charge is 0.323 e. The fourth-order valence-electron chi connectivity index (χ4n) is 2.46. The Morgan fingerprint density at radius 3 is 2.59 bits per heavy atom. The van der Waals surface area contributed by atoms with E-state index < -0.39 is 22.0 Å². The molecule has 2 aromatic carbocycles. The van der Waals surface area contributed by atoms with E-state index in [2.05, 4.69) is 0 Å². The van der Waals surface area contributed by atoms with E-state index in [0.29, 0.717) is 5.39 Å². The maximum atomic E-state index is 12.6. The van der Waals surface area contributed by atoms with Crippen LogP contribution in [-0.4, -0.2) is 50.5 Å². The van der Waals surface area contributed by atoms with Crippen molar-refractivity contribution in [2.75, 3.05) is 25.5 Å². The van der Waals surface area contributed by atoms with Gasteiger partial charge in [0.25, 0.3) is 0 Å². The zero-order chi connectivity index (χ0) is 16.1. The van der Waals surface area contributed by atoms with E-state index in [1.54, 1.807) is 12.1 Å². The molecule has 0 saturated carbocycles. The van der Waals surface area contributed by atoms with Gasteiger partial charge in [-0.1, -0.05) is 18.2 Å². The largest absolute Gasteiger partial charge is 0.480 e. The van der Waals surface area contributed by atoms with Gasteiger partial charge in [-0.25, -0.2) is 8.42 Å². The number of benzene rings is 2. The molecular weight excluding hydrogens is 304 g/mol. The summed E-state index contributed by atoms with van der Waals surface area (Å²) < 4.78 is 26.2. The third kappa shape index (κ3) is 2.32. The molecule has 1 heterocycles.